The molecule has 1 aliphatic heterocycles. The Kier molecular flexibility index (Phi) is 5.89. The number of β-amino-alcohol motifs (C(OH)–C–C–N with tert-alkyl or cyclic N) is 1. The van der Waals surface area contributed by atoms with Gasteiger partial charge in [0.1, 0.15) is 0 Å². The van der Waals surface area contributed by atoms with Crippen LogP contribution < -0.4 is 0 Å². The number of hydrogen-bond donors (Lipinski definition) is 1. The van der Waals surface area contributed by atoms with E-state index in [4.69, 9.17) is 0 Å². The summed E-state index contributed by atoms with van der Waals surface area (Å²) >= 11 is 0. The van der Waals surface area contributed by atoms with Gasteiger partial charge in [-0.25, -0.2) is 0 Å². The first-order valence-electron chi connectivity index (χ1n) is 9.25. The van der Waals surface area contributed by atoms with Gasteiger partial charge in [0.2, 0.25) is 0 Å². The summed E-state index contributed by atoms with van der Waals surface area (Å²) < 4.78 is 0. The van der Waals surface area contributed by atoms with Crippen LogP contribution in [-0.2, 0) is 0 Å². The molecule has 0 aromatic heterocycles. The molecule has 0 unspecified atom stereocenters. The van der Waals surface area contributed by atoms with Gasteiger partial charge in [-0.1, -0.05) is 60.7 Å². The molecule has 25 heavy (non-hydrogen) atoms. The molecule has 1 fully saturated rings. The fourth-order valence-corrected chi connectivity index (χ4v) is 4.11. The molecule has 2 aromatic rings. The number of benzene rings is 2. The maximum atomic E-state index is 11.0. The fourth-order valence-electron chi connectivity index (χ4n) is 4.11. The first-order valence-corrected chi connectivity index (χ1v) is 9.25. The van der Waals surface area contributed by atoms with Crippen LogP contribution in [0.15, 0.2) is 60.7 Å². The molecule has 1 saturated heterocycles. The van der Waals surface area contributed by atoms with E-state index in [-0.39, 0.29) is 0 Å². The third-order valence-corrected chi connectivity index (χ3v) is 5.09. The largest absolute Gasteiger partial charge is 0.387 e. The molecule has 0 aliphatic carbocycles. The SMILES string of the molecule is CN(C)C[C@]1(O)CCCN(CC(c2ccccc2)c2ccccc2)C1. The highest BCUT2D eigenvalue weighted by molar-refractivity contribution is 5.32. The van der Waals surface area contributed by atoms with Gasteiger partial charge in [0.15, 0.2) is 0 Å². The third-order valence-electron chi connectivity index (χ3n) is 5.09. The molecule has 0 radical (unpaired) electrons. The molecule has 1 aliphatic rings. The standard InChI is InChI=1S/C22H30N2O/c1-23(2)17-22(25)14-9-15-24(18-22)16-21(19-10-5-3-6-11-19)20-12-7-4-8-13-20/h3-8,10-13,21,25H,9,14-18H2,1-2H3/t22-/m1/s1. The zero-order valence-electron chi connectivity index (χ0n) is 15.4. The van der Waals surface area contributed by atoms with Crippen molar-refractivity contribution in [1.82, 2.24) is 9.80 Å². The van der Waals surface area contributed by atoms with E-state index >= 15 is 0 Å². The minimum atomic E-state index is -0.598. The predicted octanol–water partition coefficient (Wildman–Crippen LogP) is 3.21. The van der Waals surface area contributed by atoms with E-state index in [0.29, 0.717) is 5.92 Å². The first kappa shape index (κ1) is 18.1. The van der Waals surface area contributed by atoms with Crippen LogP contribution in [-0.4, -0.2) is 60.8 Å². The highest BCUT2D eigenvalue weighted by Crippen LogP contribution is 2.29. The van der Waals surface area contributed by atoms with E-state index in [0.717, 1.165) is 39.0 Å². The molecule has 0 spiro atoms. The molecule has 0 bridgehead atoms. The van der Waals surface area contributed by atoms with E-state index in [1.54, 1.807) is 0 Å². The fraction of sp³-hybridized carbons (Fsp3) is 0.455. The molecular weight excluding hydrogens is 308 g/mol. The molecule has 1 atom stereocenters. The van der Waals surface area contributed by atoms with Crippen molar-refractivity contribution in [2.75, 3.05) is 40.3 Å². The topological polar surface area (TPSA) is 26.7 Å². The van der Waals surface area contributed by atoms with Gasteiger partial charge in [0, 0.05) is 25.6 Å². The second-order valence-electron chi connectivity index (χ2n) is 7.67. The summed E-state index contributed by atoms with van der Waals surface area (Å²) in [5.41, 5.74) is 2.09. The van der Waals surface area contributed by atoms with Gasteiger partial charge in [0.25, 0.3) is 0 Å². The molecule has 3 nitrogen and oxygen atoms in total. The van der Waals surface area contributed by atoms with Crippen molar-refractivity contribution in [1.29, 1.82) is 0 Å². The average Bonchev–Trinajstić information content (AvgIpc) is 2.60. The molecule has 0 saturated carbocycles. The van der Waals surface area contributed by atoms with E-state index in [9.17, 15) is 5.11 Å². The zero-order chi connectivity index (χ0) is 17.7. The van der Waals surface area contributed by atoms with Gasteiger partial charge in [-0.3, -0.25) is 4.90 Å². The summed E-state index contributed by atoms with van der Waals surface area (Å²) in [6.07, 6.45) is 1.95. The van der Waals surface area contributed by atoms with Crippen molar-refractivity contribution < 1.29 is 5.11 Å². The lowest BCUT2D eigenvalue weighted by atomic mass is 9.88. The van der Waals surface area contributed by atoms with Gasteiger partial charge >= 0.3 is 0 Å². The molecule has 2 aromatic carbocycles. The zero-order valence-corrected chi connectivity index (χ0v) is 15.4. The minimum Gasteiger partial charge on any atom is -0.387 e. The van der Waals surface area contributed by atoms with Crippen molar-refractivity contribution in [3.8, 4) is 0 Å². The number of piperidine rings is 1. The van der Waals surface area contributed by atoms with Gasteiger partial charge in [-0.05, 0) is 44.6 Å². The average molecular weight is 338 g/mol. The van der Waals surface area contributed by atoms with Crippen LogP contribution in [0.4, 0.5) is 0 Å². The van der Waals surface area contributed by atoms with Gasteiger partial charge in [0.05, 0.1) is 5.60 Å². The van der Waals surface area contributed by atoms with Crippen molar-refractivity contribution in [2.45, 2.75) is 24.4 Å². The predicted molar refractivity (Wildman–Crippen MR) is 104 cm³/mol. The minimum absolute atomic E-state index is 0.337. The van der Waals surface area contributed by atoms with Crippen LogP contribution in [0.1, 0.15) is 29.9 Å². The van der Waals surface area contributed by atoms with Gasteiger partial charge < -0.3 is 10.0 Å². The second-order valence-corrected chi connectivity index (χ2v) is 7.67. The molecule has 3 rings (SSSR count). The molecule has 3 heteroatoms. The Morgan fingerprint density at radius 2 is 1.56 bits per heavy atom. The quantitative estimate of drug-likeness (QED) is 0.876. The maximum Gasteiger partial charge on any atom is 0.0900 e. The number of rotatable bonds is 6. The van der Waals surface area contributed by atoms with Crippen LogP contribution in [0.5, 0.6) is 0 Å². The Morgan fingerprint density at radius 1 is 1.00 bits per heavy atom. The summed E-state index contributed by atoms with van der Waals surface area (Å²) in [6, 6.07) is 21.5. The monoisotopic (exact) mass is 338 g/mol. The normalized spacial score (nSPS) is 21.8. The van der Waals surface area contributed by atoms with Crippen LogP contribution in [0.3, 0.4) is 0 Å². The number of likely N-dealkylation sites (N-methyl/N-ethyl adjacent to an activating group) is 1. The van der Waals surface area contributed by atoms with E-state index in [1.165, 1.54) is 11.1 Å². The first-order chi connectivity index (χ1) is 12.1. The Hall–Kier alpha value is -1.68. The number of aliphatic hydroxyl groups is 1. The lowest BCUT2D eigenvalue weighted by molar-refractivity contribution is -0.0463. The van der Waals surface area contributed by atoms with E-state index in [1.807, 2.05) is 14.1 Å². The maximum absolute atomic E-state index is 11.0. The molecule has 1 heterocycles. The van der Waals surface area contributed by atoms with Crippen molar-refractivity contribution >= 4 is 0 Å². The number of nitrogens with zero attached hydrogens (tertiary/aromatic N) is 2. The van der Waals surface area contributed by atoms with Crippen molar-refractivity contribution in [3.63, 3.8) is 0 Å². The summed E-state index contributed by atoms with van der Waals surface area (Å²) in [5.74, 6) is 0.337. The molecule has 134 valence electrons. The third kappa shape index (κ3) is 4.91. The molecular formula is C22H30N2O. The summed E-state index contributed by atoms with van der Waals surface area (Å²) in [7, 11) is 4.07. The Morgan fingerprint density at radius 3 is 2.08 bits per heavy atom. The lowest BCUT2D eigenvalue weighted by Gasteiger charge is -2.42. The summed E-state index contributed by atoms with van der Waals surface area (Å²) in [6.45, 7) is 3.49. The van der Waals surface area contributed by atoms with Gasteiger partial charge in [-0.15, -0.1) is 0 Å². The molecule has 1 N–H and O–H groups in total. The Balaban J connectivity index is 1.79. The highest BCUT2D eigenvalue weighted by Gasteiger charge is 2.34. The smallest absolute Gasteiger partial charge is 0.0900 e. The number of likely N-dealkylation sites (tertiary alicyclic amines) is 1. The van der Waals surface area contributed by atoms with E-state index < -0.39 is 5.60 Å². The van der Waals surface area contributed by atoms with Gasteiger partial charge in [-0.2, -0.15) is 0 Å². The Bertz CT molecular complexity index is 604. The van der Waals surface area contributed by atoms with Crippen LogP contribution in [0.2, 0.25) is 0 Å². The Labute approximate surface area is 151 Å². The summed E-state index contributed by atoms with van der Waals surface area (Å²) in [5, 5.41) is 11.0. The van der Waals surface area contributed by atoms with Crippen molar-refractivity contribution in [2.24, 2.45) is 0 Å². The summed E-state index contributed by atoms with van der Waals surface area (Å²) in [4.78, 5) is 4.53. The lowest BCUT2D eigenvalue weighted by Crippen LogP contribution is -2.53. The number of hydrogen-bond acceptors (Lipinski definition) is 3. The van der Waals surface area contributed by atoms with Crippen LogP contribution >= 0.6 is 0 Å². The highest BCUT2D eigenvalue weighted by atomic mass is 16.3. The van der Waals surface area contributed by atoms with Crippen LogP contribution in [0, 0.1) is 0 Å². The van der Waals surface area contributed by atoms with Crippen LogP contribution in [0.25, 0.3) is 0 Å². The molecule has 0 amide bonds. The second kappa shape index (κ2) is 8.13. The van der Waals surface area contributed by atoms with Crippen molar-refractivity contribution in [3.05, 3.63) is 71.8 Å². The van der Waals surface area contributed by atoms with E-state index in [2.05, 4.69) is 70.5 Å².